The summed E-state index contributed by atoms with van der Waals surface area (Å²) in [6.07, 6.45) is 9.25. The SMILES string of the molecule is C=CCNC(=O)C(=O)NCC1CCN(C2CCCC2)CC1. The molecule has 0 aromatic heterocycles. The third kappa shape index (κ3) is 4.84. The van der Waals surface area contributed by atoms with Gasteiger partial charge in [0.2, 0.25) is 0 Å². The first-order valence-electron chi connectivity index (χ1n) is 8.11. The van der Waals surface area contributed by atoms with Gasteiger partial charge in [-0.25, -0.2) is 0 Å². The summed E-state index contributed by atoms with van der Waals surface area (Å²) in [4.78, 5) is 25.6. The lowest BCUT2D eigenvalue weighted by Crippen LogP contribution is -2.45. The van der Waals surface area contributed by atoms with E-state index in [4.69, 9.17) is 0 Å². The zero-order chi connectivity index (χ0) is 15.1. The molecule has 2 aliphatic rings. The highest BCUT2D eigenvalue weighted by Gasteiger charge is 2.27. The molecule has 118 valence electrons. The molecule has 0 aromatic carbocycles. The van der Waals surface area contributed by atoms with Crippen molar-refractivity contribution in [3.05, 3.63) is 12.7 Å². The third-order valence-corrected chi connectivity index (χ3v) is 4.65. The predicted molar refractivity (Wildman–Crippen MR) is 82.8 cm³/mol. The van der Waals surface area contributed by atoms with Crippen LogP contribution < -0.4 is 10.6 Å². The maximum absolute atomic E-state index is 11.6. The molecule has 0 unspecified atom stereocenters. The molecule has 1 heterocycles. The van der Waals surface area contributed by atoms with Gasteiger partial charge in [-0.3, -0.25) is 9.59 Å². The van der Waals surface area contributed by atoms with Gasteiger partial charge in [-0.2, -0.15) is 0 Å². The first-order valence-corrected chi connectivity index (χ1v) is 8.11. The molecule has 2 rings (SSSR count). The molecule has 0 spiro atoms. The van der Waals surface area contributed by atoms with Crippen LogP contribution >= 0.6 is 0 Å². The van der Waals surface area contributed by atoms with Crippen LogP contribution in [0.15, 0.2) is 12.7 Å². The molecule has 5 heteroatoms. The number of likely N-dealkylation sites (tertiary alicyclic amines) is 1. The highest BCUT2D eigenvalue weighted by Crippen LogP contribution is 2.27. The average Bonchev–Trinajstić information content (AvgIpc) is 3.05. The summed E-state index contributed by atoms with van der Waals surface area (Å²) in [5.41, 5.74) is 0. The first-order chi connectivity index (χ1) is 10.2. The maximum atomic E-state index is 11.6. The van der Waals surface area contributed by atoms with Crippen LogP contribution in [-0.4, -0.2) is 48.9 Å². The Balaban J connectivity index is 1.63. The average molecular weight is 293 g/mol. The fraction of sp³-hybridized carbons (Fsp3) is 0.750. The van der Waals surface area contributed by atoms with Crippen LogP contribution in [0.4, 0.5) is 0 Å². The third-order valence-electron chi connectivity index (χ3n) is 4.65. The van der Waals surface area contributed by atoms with Crippen molar-refractivity contribution in [2.75, 3.05) is 26.2 Å². The number of amides is 2. The minimum Gasteiger partial charge on any atom is -0.348 e. The number of rotatable bonds is 5. The monoisotopic (exact) mass is 293 g/mol. The lowest BCUT2D eigenvalue weighted by Gasteiger charge is -2.36. The molecule has 5 nitrogen and oxygen atoms in total. The normalized spacial score (nSPS) is 21.1. The molecule has 1 aliphatic carbocycles. The zero-order valence-corrected chi connectivity index (χ0v) is 12.8. The lowest BCUT2D eigenvalue weighted by atomic mass is 9.95. The van der Waals surface area contributed by atoms with Crippen LogP contribution in [0.2, 0.25) is 0 Å². The van der Waals surface area contributed by atoms with Gasteiger partial charge in [0.05, 0.1) is 0 Å². The number of hydrogen-bond acceptors (Lipinski definition) is 3. The standard InChI is InChI=1S/C16H27N3O2/c1-2-9-17-15(20)16(21)18-12-13-7-10-19(11-8-13)14-5-3-4-6-14/h2,13-14H,1,3-12H2,(H,17,20)(H,18,21). The summed E-state index contributed by atoms with van der Waals surface area (Å²) in [7, 11) is 0. The van der Waals surface area contributed by atoms with E-state index in [1.54, 1.807) is 6.08 Å². The summed E-state index contributed by atoms with van der Waals surface area (Å²) >= 11 is 0. The molecule has 2 amide bonds. The van der Waals surface area contributed by atoms with Gasteiger partial charge < -0.3 is 15.5 Å². The number of nitrogens with one attached hydrogen (secondary N) is 2. The molecule has 1 aliphatic heterocycles. The Morgan fingerprint density at radius 2 is 1.67 bits per heavy atom. The predicted octanol–water partition coefficient (Wildman–Crippen LogP) is 1.06. The second-order valence-corrected chi connectivity index (χ2v) is 6.13. The van der Waals surface area contributed by atoms with Crippen LogP contribution in [0.3, 0.4) is 0 Å². The van der Waals surface area contributed by atoms with Gasteiger partial charge in [0.15, 0.2) is 0 Å². The van der Waals surface area contributed by atoms with Gasteiger partial charge in [-0.1, -0.05) is 18.9 Å². The summed E-state index contributed by atoms with van der Waals surface area (Å²) in [5, 5.41) is 5.23. The van der Waals surface area contributed by atoms with Crippen molar-refractivity contribution in [3.63, 3.8) is 0 Å². The Morgan fingerprint density at radius 1 is 1.05 bits per heavy atom. The number of carbonyl (C=O) groups is 2. The Bertz CT molecular complexity index is 370. The summed E-state index contributed by atoms with van der Waals surface area (Å²) in [6, 6.07) is 0.797. The van der Waals surface area contributed by atoms with E-state index in [0.717, 1.165) is 32.0 Å². The van der Waals surface area contributed by atoms with E-state index in [2.05, 4.69) is 22.1 Å². The summed E-state index contributed by atoms with van der Waals surface area (Å²) in [5.74, 6) is -0.604. The fourth-order valence-corrected chi connectivity index (χ4v) is 3.35. The first kappa shape index (κ1) is 16.0. The van der Waals surface area contributed by atoms with E-state index in [0.29, 0.717) is 19.0 Å². The smallest absolute Gasteiger partial charge is 0.309 e. The van der Waals surface area contributed by atoms with E-state index in [9.17, 15) is 9.59 Å². The van der Waals surface area contributed by atoms with Crippen LogP contribution in [0, 0.1) is 5.92 Å². The second-order valence-electron chi connectivity index (χ2n) is 6.13. The molecule has 21 heavy (non-hydrogen) atoms. The summed E-state index contributed by atoms with van der Waals surface area (Å²) in [6.45, 7) is 6.70. The number of nitrogens with zero attached hydrogens (tertiary/aromatic N) is 1. The van der Waals surface area contributed by atoms with Crippen molar-refractivity contribution in [2.24, 2.45) is 5.92 Å². The van der Waals surface area contributed by atoms with Gasteiger partial charge in [-0.15, -0.1) is 6.58 Å². The molecule has 1 saturated carbocycles. The topological polar surface area (TPSA) is 61.4 Å². The van der Waals surface area contributed by atoms with Gasteiger partial charge >= 0.3 is 11.8 Å². The van der Waals surface area contributed by atoms with Gasteiger partial charge in [0.1, 0.15) is 0 Å². The lowest BCUT2D eigenvalue weighted by molar-refractivity contribution is -0.139. The second kappa shape index (κ2) is 8.17. The van der Waals surface area contributed by atoms with E-state index < -0.39 is 11.8 Å². The molecular weight excluding hydrogens is 266 g/mol. The van der Waals surface area contributed by atoms with Gasteiger partial charge in [-0.05, 0) is 44.7 Å². The highest BCUT2D eigenvalue weighted by molar-refractivity contribution is 6.35. The molecule has 0 bridgehead atoms. The molecule has 2 fully saturated rings. The highest BCUT2D eigenvalue weighted by atomic mass is 16.2. The Hall–Kier alpha value is -1.36. The van der Waals surface area contributed by atoms with E-state index in [1.165, 1.54) is 25.7 Å². The molecule has 1 saturated heterocycles. The zero-order valence-electron chi connectivity index (χ0n) is 12.8. The fourth-order valence-electron chi connectivity index (χ4n) is 3.35. The van der Waals surface area contributed by atoms with E-state index >= 15 is 0 Å². The van der Waals surface area contributed by atoms with Crippen molar-refractivity contribution in [1.82, 2.24) is 15.5 Å². The quantitative estimate of drug-likeness (QED) is 0.588. The van der Waals surface area contributed by atoms with E-state index in [-0.39, 0.29) is 0 Å². The van der Waals surface area contributed by atoms with Crippen molar-refractivity contribution < 1.29 is 9.59 Å². The van der Waals surface area contributed by atoms with Crippen LogP contribution in [0.5, 0.6) is 0 Å². The van der Waals surface area contributed by atoms with Gasteiger partial charge in [0.25, 0.3) is 0 Å². The minimum atomic E-state index is -0.571. The van der Waals surface area contributed by atoms with Crippen molar-refractivity contribution in [3.8, 4) is 0 Å². The van der Waals surface area contributed by atoms with E-state index in [1.807, 2.05) is 0 Å². The van der Waals surface area contributed by atoms with Crippen molar-refractivity contribution >= 4 is 11.8 Å². The van der Waals surface area contributed by atoms with Crippen LogP contribution in [0.25, 0.3) is 0 Å². The van der Waals surface area contributed by atoms with Crippen LogP contribution in [-0.2, 0) is 9.59 Å². The molecule has 0 radical (unpaired) electrons. The summed E-state index contributed by atoms with van der Waals surface area (Å²) < 4.78 is 0. The maximum Gasteiger partial charge on any atom is 0.309 e. The Morgan fingerprint density at radius 3 is 2.29 bits per heavy atom. The largest absolute Gasteiger partial charge is 0.348 e. The van der Waals surface area contributed by atoms with Crippen molar-refractivity contribution in [2.45, 2.75) is 44.6 Å². The Labute approximate surface area is 127 Å². The molecule has 0 atom stereocenters. The molecular formula is C16H27N3O2. The number of carbonyl (C=O) groups excluding carboxylic acids is 2. The minimum absolute atomic E-state index is 0.325. The Kier molecular flexibility index (Phi) is 6.23. The number of hydrogen-bond donors (Lipinski definition) is 2. The molecule has 0 aromatic rings. The van der Waals surface area contributed by atoms with Gasteiger partial charge in [0, 0.05) is 19.1 Å². The van der Waals surface area contributed by atoms with Crippen LogP contribution in [0.1, 0.15) is 38.5 Å². The van der Waals surface area contributed by atoms with Crippen molar-refractivity contribution in [1.29, 1.82) is 0 Å². The number of piperidine rings is 1. The molecule has 2 N–H and O–H groups in total.